The highest BCUT2D eigenvalue weighted by molar-refractivity contribution is 5.91. The molecule has 1 aliphatic heterocycles. The van der Waals surface area contributed by atoms with E-state index in [0.717, 1.165) is 25.9 Å². The van der Waals surface area contributed by atoms with Crippen LogP contribution in [0.25, 0.3) is 0 Å². The Bertz CT molecular complexity index is 712. The summed E-state index contributed by atoms with van der Waals surface area (Å²) in [5.41, 5.74) is 0. The molecule has 3 rings (SSSR count). The first-order chi connectivity index (χ1) is 12.0. The third-order valence-corrected chi connectivity index (χ3v) is 4.34. The van der Waals surface area contributed by atoms with Gasteiger partial charge in [0.1, 0.15) is 5.76 Å². The van der Waals surface area contributed by atoms with Crippen molar-refractivity contribution in [3.8, 4) is 0 Å². The van der Waals surface area contributed by atoms with Crippen molar-refractivity contribution in [2.75, 3.05) is 32.0 Å². The molecule has 1 saturated heterocycles. The average molecular weight is 348 g/mol. The number of aryl methyl sites for hydroxylation is 2. The number of amides is 1. The normalized spacial score (nSPS) is 18.2. The second-order valence-corrected chi connectivity index (χ2v) is 6.42. The van der Waals surface area contributed by atoms with Crippen LogP contribution in [0, 0.1) is 6.92 Å². The minimum atomic E-state index is -0.0811. The molecule has 25 heavy (non-hydrogen) atoms. The number of likely N-dealkylation sites (tertiary alicyclic amines) is 1. The number of carbonyl (C=O) groups excluding carboxylic acids is 1. The number of hydrogen-bond donors (Lipinski definition) is 1. The summed E-state index contributed by atoms with van der Waals surface area (Å²) in [4.78, 5) is 20.8. The minimum absolute atomic E-state index is 0.0811. The van der Waals surface area contributed by atoms with E-state index in [1.54, 1.807) is 13.0 Å². The molecule has 2 aromatic heterocycles. The summed E-state index contributed by atoms with van der Waals surface area (Å²) in [5.74, 6) is 2.42. The molecule has 0 radical (unpaired) electrons. The van der Waals surface area contributed by atoms with E-state index in [4.69, 9.17) is 9.05 Å². The van der Waals surface area contributed by atoms with Gasteiger partial charge < -0.3 is 14.4 Å². The van der Waals surface area contributed by atoms with Gasteiger partial charge in [0.25, 0.3) is 0 Å². The van der Waals surface area contributed by atoms with E-state index < -0.39 is 0 Å². The molecule has 0 saturated carbocycles. The van der Waals surface area contributed by atoms with Gasteiger partial charge >= 0.3 is 0 Å². The predicted molar refractivity (Wildman–Crippen MR) is 89.9 cm³/mol. The topological polar surface area (TPSA) is 101 Å². The Hall–Kier alpha value is -2.26. The molecular formula is C16H24N6O3. The van der Waals surface area contributed by atoms with Crippen LogP contribution >= 0.6 is 0 Å². The molecule has 1 fully saturated rings. The molecule has 0 aromatic carbocycles. The van der Waals surface area contributed by atoms with Crippen LogP contribution in [0.15, 0.2) is 15.1 Å². The Kier molecular flexibility index (Phi) is 5.44. The lowest BCUT2D eigenvalue weighted by Crippen LogP contribution is -2.37. The fourth-order valence-corrected chi connectivity index (χ4v) is 2.98. The molecule has 2 aromatic rings. The largest absolute Gasteiger partial charge is 0.360 e. The smallest absolute Gasteiger partial charge is 0.239 e. The van der Waals surface area contributed by atoms with Gasteiger partial charge in [-0.15, -0.1) is 0 Å². The van der Waals surface area contributed by atoms with Crippen LogP contribution in [0.4, 0.5) is 5.82 Å². The highest BCUT2D eigenvalue weighted by Crippen LogP contribution is 2.16. The molecule has 0 bridgehead atoms. The van der Waals surface area contributed by atoms with Crippen LogP contribution in [-0.4, -0.2) is 63.7 Å². The first-order valence-corrected chi connectivity index (χ1v) is 8.50. The summed E-state index contributed by atoms with van der Waals surface area (Å²) >= 11 is 0. The van der Waals surface area contributed by atoms with Gasteiger partial charge in [-0.25, -0.2) is 0 Å². The van der Waals surface area contributed by atoms with Crippen molar-refractivity contribution in [3.05, 3.63) is 23.5 Å². The lowest BCUT2D eigenvalue weighted by molar-refractivity contribution is -0.117. The van der Waals surface area contributed by atoms with Crippen molar-refractivity contribution in [2.24, 2.45) is 0 Å². The Morgan fingerprint density at radius 3 is 2.96 bits per heavy atom. The van der Waals surface area contributed by atoms with Gasteiger partial charge in [-0.2, -0.15) is 4.98 Å². The van der Waals surface area contributed by atoms with Crippen LogP contribution in [0.5, 0.6) is 0 Å². The molecule has 1 N–H and O–H groups in total. The quantitative estimate of drug-likeness (QED) is 0.793. The number of aromatic nitrogens is 3. The van der Waals surface area contributed by atoms with Crippen molar-refractivity contribution in [2.45, 2.75) is 39.3 Å². The van der Waals surface area contributed by atoms with Crippen LogP contribution in [0.3, 0.4) is 0 Å². The van der Waals surface area contributed by atoms with Crippen molar-refractivity contribution < 1.29 is 13.8 Å². The van der Waals surface area contributed by atoms with Crippen molar-refractivity contribution in [1.82, 2.24) is 25.1 Å². The zero-order chi connectivity index (χ0) is 17.8. The van der Waals surface area contributed by atoms with Gasteiger partial charge in [-0.3, -0.25) is 14.6 Å². The van der Waals surface area contributed by atoms with Gasteiger partial charge in [0, 0.05) is 31.6 Å². The van der Waals surface area contributed by atoms with Crippen LogP contribution in [0.2, 0.25) is 0 Å². The zero-order valence-corrected chi connectivity index (χ0v) is 14.9. The molecule has 1 atom stereocenters. The molecule has 9 heteroatoms. The molecule has 0 unspecified atom stereocenters. The van der Waals surface area contributed by atoms with Crippen molar-refractivity contribution in [1.29, 1.82) is 0 Å². The van der Waals surface area contributed by atoms with Gasteiger partial charge in [-0.1, -0.05) is 17.2 Å². The van der Waals surface area contributed by atoms with E-state index in [0.29, 0.717) is 42.4 Å². The number of anilines is 1. The van der Waals surface area contributed by atoms with E-state index >= 15 is 0 Å². The Morgan fingerprint density at radius 1 is 1.44 bits per heavy atom. The molecule has 1 amide bonds. The first-order valence-electron chi connectivity index (χ1n) is 8.50. The number of nitrogens with one attached hydrogen (secondary N) is 1. The van der Waals surface area contributed by atoms with E-state index in [1.165, 1.54) is 0 Å². The lowest BCUT2D eigenvalue weighted by atomic mass is 10.2. The molecule has 0 aliphatic carbocycles. The van der Waals surface area contributed by atoms with E-state index in [9.17, 15) is 4.79 Å². The summed E-state index contributed by atoms with van der Waals surface area (Å²) in [7, 11) is 2.05. The Balaban J connectivity index is 1.45. The van der Waals surface area contributed by atoms with Crippen LogP contribution in [-0.2, 0) is 17.8 Å². The predicted octanol–water partition coefficient (Wildman–Crippen LogP) is 1.07. The third kappa shape index (κ3) is 4.64. The monoisotopic (exact) mass is 348 g/mol. The van der Waals surface area contributed by atoms with Crippen molar-refractivity contribution in [3.63, 3.8) is 0 Å². The van der Waals surface area contributed by atoms with E-state index in [2.05, 4.69) is 30.4 Å². The SMILES string of the molecule is CCc1nc(CN(C)[C@H]2CCN(CC(=O)Nc3cc(C)on3)C2)no1. The first kappa shape index (κ1) is 17.6. The number of likely N-dealkylation sites (N-methyl/N-ethyl adjacent to an activating group) is 1. The summed E-state index contributed by atoms with van der Waals surface area (Å²) < 4.78 is 10.1. The Morgan fingerprint density at radius 2 is 2.28 bits per heavy atom. The fourth-order valence-electron chi connectivity index (χ4n) is 2.98. The molecule has 1 aliphatic rings. The molecular weight excluding hydrogens is 324 g/mol. The zero-order valence-electron chi connectivity index (χ0n) is 14.9. The molecule has 9 nitrogen and oxygen atoms in total. The lowest BCUT2D eigenvalue weighted by Gasteiger charge is -2.23. The van der Waals surface area contributed by atoms with Crippen LogP contribution in [0.1, 0.15) is 30.8 Å². The maximum Gasteiger partial charge on any atom is 0.239 e. The summed E-state index contributed by atoms with van der Waals surface area (Å²) in [5, 5.41) is 10.5. The number of nitrogens with zero attached hydrogens (tertiary/aromatic N) is 5. The Labute approximate surface area is 146 Å². The highest BCUT2D eigenvalue weighted by Gasteiger charge is 2.27. The summed E-state index contributed by atoms with van der Waals surface area (Å²) in [6, 6.07) is 2.07. The van der Waals surface area contributed by atoms with E-state index in [-0.39, 0.29) is 5.91 Å². The van der Waals surface area contributed by atoms with Gasteiger partial charge in [0.05, 0.1) is 13.1 Å². The summed E-state index contributed by atoms with van der Waals surface area (Å²) in [6.07, 6.45) is 1.75. The van der Waals surface area contributed by atoms with E-state index in [1.807, 2.05) is 14.0 Å². The second-order valence-electron chi connectivity index (χ2n) is 6.42. The number of hydrogen-bond acceptors (Lipinski definition) is 8. The molecule has 3 heterocycles. The average Bonchev–Trinajstić information content (AvgIpc) is 3.29. The standard InChI is InChI=1S/C16H24N6O3/c1-4-16-18-14(20-25-16)9-21(3)12-5-6-22(8-12)10-15(23)17-13-7-11(2)24-19-13/h7,12H,4-6,8-10H2,1-3H3,(H,17,19,23)/t12-/m0/s1. The van der Waals surface area contributed by atoms with Gasteiger partial charge in [-0.05, 0) is 20.4 Å². The minimum Gasteiger partial charge on any atom is -0.360 e. The number of carbonyl (C=O) groups is 1. The maximum atomic E-state index is 12.1. The third-order valence-electron chi connectivity index (χ3n) is 4.34. The highest BCUT2D eigenvalue weighted by atomic mass is 16.5. The van der Waals surface area contributed by atoms with Crippen molar-refractivity contribution >= 4 is 11.7 Å². The summed E-state index contributed by atoms with van der Waals surface area (Å²) in [6.45, 7) is 6.48. The maximum absolute atomic E-state index is 12.1. The van der Waals surface area contributed by atoms with Gasteiger partial charge in [0.2, 0.25) is 11.8 Å². The fraction of sp³-hybridized carbons (Fsp3) is 0.625. The number of rotatable bonds is 7. The van der Waals surface area contributed by atoms with Gasteiger partial charge in [0.15, 0.2) is 11.6 Å². The second kappa shape index (κ2) is 7.75. The van der Waals surface area contributed by atoms with Crippen LogP contribution < -0.4 is 5.32 Å². The molecule has 0 spiro atoms. The molecule has 136 valence electrons.